The smallest absolute Gasteiger partial charge is 0.194 e. The third-order valence-electron chi connectivity index (χ3n) is 5.44. The van der Waals surface area contributed by atoms with Crippen LogP contribution in [0.2, 0.25) is 0 Å². The Morgan fingerprint density at radius 2 is 1.19 bits per heavy atom. The first-order valence-corrected chi connectivity index (χ1v) is 8.99. The minimum absolute atomic E-state index is 0.109. The molecule has 0 saturated carbocycles. The van der Waals surface area contributed by atoms with Gasteiger partial charge in [0.1, 0.15) is 11.2 Å². The summed E-state index contributed by atoms with van der Waals surface area (Å²) in [5, 5.41) is 2.21. The lowest BCUT2D eigenvalue weighted by Crippen LogP contribution is -1.95. The van der Waals surface area contributed by atoms with E-state index in [1.807, 2.05) is 54.6 Å². The first-order chi connectivity index (χ1) is 13.3. The summed E-state index contributed by atoms with van der Waals surface area (Å²) < 4.78 is 5.92. The normalized spacial score (nSPS) is 12.5. The zero-order valence-electron chi connectivity index (χ0n) is 14.4. The molecule has 1 heterocycles. The van der Waals surface area contributed by atoms with E-state index in [0.717, 1.165) is 55.3 Å². The summed E-state index contributed by atoms with van der Waals surface area (Å²) in [7, 11) is 0. The predicted molar refractivity (Wildman–Crippen MR) is 108 cm³/mol. The molecule has 2 nitrogen and oxygen atoms in total. The summed E-state index contributed by atoms with van der Waals surface area (Å²) in [6.45, 7) is 0. The zero-order valence-corrected chi connectivity index (χ0v) is 14.4. The lowest BCUT2D eigenvalue weighted by molar-refractivity contribution is 0.104. The summed E-state index contributed by atoms with van der Waals surface area (Å²) in [4.78, 5) is 12.8. The van der Waals surface area contributed by atoms with Gasteiger partial charge in [-0.2, -0.15) is 0 Å². The molecule has 27 heavy (non-hydrogen) atoms. The fourth-order valence-electron chi connectivity index (χ4n) is 4.11. The maximum absolute atomic E-state index is 12.8. The molecule has 2 heteroatoms. The van der Waals surface area contributed by atoms with Crippen LogP contribution in [0.5, 0.6) is 0 Å². The third kappa shape index (κ3) is 1.98. The number of para-hydroxylation sites is 1. The Balaban J connectivity index is 1.54. The molecule has 1 aromatic heterocycles. The highest BCUT2D eigenvalue weighted by atomic mass is 16.3. The molecular formula is C25H14O2. The van der Waals surface area contributed by atoms with Crippen LogP contribution in [0, 0.1) is 0 Å². The van der Waals surface area contributed by atoms with Crippen molar-refractivity contribution in [1.82, 2.24) is 0 Å². The summed E-state index contributed by atoms with van der Waals surface area (Å²) in [6, 6.07) is 28.3. The van der Waals surface area contributed by atoms with Gasteiger partial charge in [0.2, 0.25) is 0 Å². The van der Waals surface area contributed by atoms with Crippen LogP contribution in [0.1, 0.15) is 15.9 Å². The van der Waals surface area contributed by atoms with E-state index >= 15 is 0 Å². The molecule has 0 N–H and O–H groups in total. The molecule has 0 unspecified atom stereocenters. The van der Waals surface area contributed by atoms with Crippen molar-refractivity contribution in [2.75, 3.05) is 0 Å². The molecule has 5 aromatic rings. The maximum atomic E-state index is 12.8. The molecule has 0 saturated heterocycles. The van der Waals surface area contributed by atoms with Crippen LogP contribution in [0.3, 0.4) is 0 Å². The van der Waals surface area contributed by atoms with Crippen molar-refractivity contribution in [2.45, 2.75) is 0 Å². The number of hydrogen-bond donors (Lipinski definition) is 0. The van der Waals surface area contributed by atoms with E-state index in [1.165, 1.54) is 0 Å². The molecule has 0 amide bonds. The van der Waals surface area contributed by atoms with Crippen LogP contribution in [-0.4, -0.2) is 5.78 Å². The average Bonchev–Trinajstić information content (AvgIpc) is 3.23. The minimum atomic E-state index is 0.109. The molecule has 1 aliphatic carbocycles. The maximum Gasteiger partial charge on any atom is 0.194 e. The van der Waals surface area contributed by atoms with E-state index in [-0.39, 0.29) is 5.78 Å². The molecule has 0 radical (unpaired) electrons. The Kier molecular flexibility index (Phi) is 2.78. The first-order valence-electron chi connectivity index (χ1n) is 8.99. The molecule has 126 valence electrons. The van der Waals surface area contributed by atoms with Crippen LogP contribution in [0.25, 0.3) is 44.2 Å². The van der Waals surface area contributed by atoms with Gasteiger partial charge in [0.05, 0.1) is 0 Å². The van der Waals surface area contributed by atoms with Gasteiger partial charge in [-0.1, -0.05) is 60.7 Å². The van der Waals surface area contributed by atoms with Crippen LogP contribution < -0.4 is 0 Å². The van der Waals surface area contributed by atoms with Crippen molar-refractivity contribution in [3.05, 3.63) is 96.1 Å². The van der Waals surface area contributed by atoms with E-state index in [2.05, 4.69) is 30.3 Å². The number of ketones is 1. The SMILES string of the molecule is O=C1c2ccccc2-c2ccc(-c3ccc4oc5ccccc5c4c3)cc21. The number of hydrogen-bond acceptors (Lipinski definition) is 2. The number of carbonyl (C=O) groups is 1. The van der Waals surface area contributed by atoms with Gasteiger partial charge in [-0.3, -0.25) is 4.79 Å². The highest BCUT2D eigenvalue weighted by Gasteiger charge is 2.26. The second kappa shape index (κ2) is 5.18. The van der Waals surface area contributed by atoms with E-state index in [0.29, 0.717) is 0 Å². The number of benzene rings is 4. The summed E-state index contributed by atoms with van der Waals surface area (Å²) in [5.41, 5.74) is 7.53. The third-order valence-corrected chi connectivity index (χ3v) is 5.44. The van der Waals surface area contributed by atoms with E-state index in [1.54, 1.807) is 0 Å². The van der Waals surface area contributed by atoms with E-state index < -0.39 is 0 Å². The molecule has 0 spiro atoms. The van der Waals surface area contributed by atoms with Crippen molar-refractivity contribution < 1.29 is 9.21 Å². The van der Waals surface area contributed by atoms with Crippen LogP contribution in [0.15, 0.2) is 89.3 Å². The molecule has 1 aliphatic rings. The Labute approximate surface area is 155 Å². The Hall–Kier alpha value is -3.65. The van der Waals surface area contributed by atoms with Gasteiger partial charge in [0, 0.05) is 21.9 Å². The predicted octanol–water partition coefficient (Wildman–Crippen LogP) is 6.46. The fraction of sp³-hybridized carbons (Fsp3) is 0. The highest BCUT2D eigenvalue weighted by Crippen LogP contribution is 2.39. The number of furan rings is 1. The molecule has 0 bridgehead atoms. The lowest BCUT2D eigenvalue weighted by Gasteiger charge is -2.05. The van der Waals surface area contributed by atoms with Crippen molar-refractivity contribution in [1.29, 1.82) is 0 Å². The van der Waals surface area contributed by atoms with Crippen LogP contribution in [0.4, 0.5) is 0 Å². The molecule has 0 fully saturated rings. The molecule has 4 aromatic carbocycles. The van der Waals surface area contributed by atoms with Crippen molar-refractivity contribution in [2.24, 2.45) is 0 Å². The Bertz CT molecular complexity index is 1390. The number of carbonyl (C=O) groups excluding carboxylic acids is 1. The van der Waals surface area contributed by atoms with Gasteiger partial charge < -0.3 is 4.42 Å². The lowest BCUT2D eigenvalue weighted by atomic mass is 9.98. The minimum Gasteiger partial charge on any atom is -0.456 e. The van der Waals surface area contributed by atoms with Gasteiger partial charge in [-0.15, -0.1) is 0 Å². The average molecular weight is 346 g/mol. The first kappa shape index (κ1) is 14.5. The van der Waals surface area contributed by atoms with Crippen molar-refractivity contribution in [3.8, 4) is 22.3 Å². The Morgan fingerprint density at radius 3 is 2.11 bits per heavy atom. The fourth-order valence-corrected chi connectivity index (χ4v) is 4.11. The monoisotopic (exact) mass is 346 g/mol. The molecule has 0 atom stereocenters. The second-order valence-corrected chi connectivity index (χ2v) is 6.94. The van der Waals surface area contributed by atoms with Crippen LogP contribution in [-0.2, 0) is 0 Å². The molecular weight excluding hydrogens is 332 g/mol. The van der Waals surface area contributed by atoms with Crippen molar-refractivity contribution >= 4 is 27.7 Å². The zero-order chi connectivity index (χ0) is 18.0. The Morgan fingerprint density at radius 1 is 0.519 bits per heavy atom. The highest BCUT2D eigenvalue weighted by molar-refractivity contribution is 6.22. The van der Waals surface area contributed by atoms with Crippen molar-refractivity contribution in [3.63, 3.8) is 0 Å². The quantitative estimate of drug-likeness (QED) is 0.342. The topological polar surface area (TPSA) is 30.2 Å². The number of rotatable bonds is 1. The standard InChI is InChI=1S/C25H14O2/c26-25-20-7-2-1-5-17(20)18-11-9-15(14-22(18)25)16-10-12-24-21(13-16)19-6-3-4-8-23(19)27-24/h1-14H. The van der Waals surface area contributed by atoms with Gasteiger partial charge in [0.25, 0.3) is 0 Å². The van der Waals surface area contributed by atoms with Crippen LogP contribution >= 0.6 is 0 Å². The van der Waals surface area contributed by atoms with Gasteiger partial charge in [-0.05, 0) is 46.5 Å². The summed E-state index contributed by atoms with van der Waals surface area (Å²) >= 11 is 0. The van der Waals surface area contributed by atoms with Gasteiger partial charge >= 0.3 is 0 Å². The number of fused-ring (bicyclic) bond motifs is 6. The van der Waals surface area contributed by atoms with E-state index in [4.69, 9.17) is 4.42 Å². The molecule has 0 aliphatic heterocycles. The summed E-state index contributed by atoms with van der Waals surface area (Å²) in [5.74, 6) is 0.109. The summed E-state index contributed by atoms with van der Waals surface area (Å²) in [6.07, 6.45) is 0. The largest absolute Gasteiger partial charge is 0.456 e. The van der Waals surface area contributed by atoms with Gasteiger partial charge in [0.15, 0.2) is 5.78 Å². The molecule has 6 rings (SSSR count). The van der Waals surface area contributed by atoms with Gasteiger partial charge in [-0.25, -0.2) is 0 Å². The second-order valence-electron chi connectivity index (χ2n) is 6.94. The van der Waals surface area contributed by atoms with E-state index in [9.17, 15) is 4.79 Å².